The Balaban J connectivity index is 2.60. The Morgan fingerprint density at radius 1 is 1.43 bits per heavy atom. The number of carboxylic acid groups (broad SMARTS) is 1. The lowest BCUT2D eigenvalue weighted by Gasteiger charge is -2.22. The van der Waals surface area contributed by atoms with Crippen LogP contribution in [0.2, 0.25) is 0 Å². The fraction of sp³-hybridized carbons (Fsp3) is 0.467. The van der Waals surface area contributed by atoms with Crippen LogP contribution in [-0.2, 0) is 9.59 Å². The highest BCUT2D eigenvalue weighted by atomic mass is 127. The number of hydrogen-bond donors (Lipinski definition) is 2. The van der Waals surface area contributed by atoms with E-state index in [1.807, 2.05) is 36.9 Å². The van der Waals surface area contributed by atoms with Crippen molar-refractivity contribution in [2.24, 2.45) is 5.92 Å². The molecule has 0 saturated heterocycles. The van der Waals surface area contributed by atoms with Crippen LogP contribution in [0.4, 0.5) is 5.69 Å². The van der Waals surface area contributed by atoms with Crippen LogP contribution in [0.1, 0.15) is 19.4 Å². The predicted octanol–water partition coefficient (Wildman–Crippen LogP) is 2.58. The molecule has 21 heavy (non-hydrogen) atoms. The number of nitrogens with one attached hydrogen (secondary N) is 1. The van der Waals surface area contributed by atoms with E-state index in [9.17, 15) is 9.59 Å². The van der Waals surface area contributed by atoms with Gasteiger partial charge >= 0.3 is 5.97 Å². The maximum absolute atomic E-state index is 12.1. The Bertz CT molecular complexity index is 520. The minimum Gasteiger partial charge on any atom is -0.481 e. The van der Waals surface area contributed by atoms with Crippen molar-refractivity contribution < 1.29 is 14.7 Å². The zero-order valence-electron chi connectivity index (χ0n) is 12.5. The van der Waals surface area contributed by atoms with Gasteiger partial charge in [-0.25, -0.2) is 0 Å². The monoisotopic (exact) mass is 404 g/mol. The molecule has 0 fully saturated rings. The van der Waals surface area contributed by atoms with Crippen LogP contribution in [0.3, 0.4) is 0 Å². The van der Waals surface area contributed by atoms with Gasteiger partial charge in [0.2, 0.25) is 5.91 Å². The van der Waals surface area contributed by atoms with Crippen LogP contribution >= 0.6 is 22.6 Å². The van der Waals surface area contributed by atoms with E-state index in [0.717, 1.165) is 14.8 Å². The summed E-state index contributed by atoms with van der Waals surface area (Å²) in [6.07, 6.45) is 0. The number of rotatable bonds is 7. The van der Waals surface area contributed by atoms with Gasteiger partial charge in [-0.05, 0) is 59.8 Å². The predicted molar refractivity (Wildman–Crippen MR) is 91.4 cm³/mol. The average molecular weight is 404 g/mol. The fourth-order valence-electron chi connectivity index (χ4n) is 1.93. The first kappa shape index (κ1) is 17.9. The highest BCUT2D eigenvalue weighted by molar-refractivity contribution is 14.1. The zero-order chi connectivity index (χ0) is 16.0. The molecule has 0 aliphatic rings. The van der Waals surface area contributed by atoms with Gasteiger partial charge in [0.1, 0.15) is 0 Å². The number of likely N-dealkylation sites (N-methyl/N-ethyl adjacent to an activating group) is 1. The third kappa shape index (κ3) is 6.01. The molecule has 1 amide bonds. The molecule has 2 N–H and O–H groups in total. The lowest BCUT2D eigenvalue weighted by atomic mass is 10.1. The Labute approximate surface area is 138 Å². The molecule has 1 atom stereocenters. The lowest BCUT2D eigenvalue weighted by Crippen LogP contribution is -2.37. The summed E-state index contributed by atoms with van der Waals surface area (Å²) >= 11 is 2.22. The van der Waals surface area contributed by atoms with Crippen LogP contribution in [0.25, 0.3) is 0 Å². The van der Waals surface area contributed by atoms with E-state index < -0.39 is 11.9 Å². The summed E-state index contributed by atoms with van der Waals surface area (Å²) < 4.78 is 1.12. The number of nitrogens with zero attached hydrogens (tertiary/aromatic N) is 1. The molecule has 0 aromatic heterocycles. The molecule has 0 heterocycles. The Morgan fingerprint density at radius 2 is 2.10 bits per heavy atom. The number of anilines is 1. The molecule has 1 unspecified atom stereocenters. The summed E-state index contributed by atoms with van der Waals surface area (Å²) in [4.78, 5) is 24.8. The summed E-state index contributed by atoms with van der Waals surface area (Å²) in [6, 6.07) is 5.82. The number of aliphatic carboxylic acids is 1. The molecule has 6 heteroatoms. The van der Waals surface area contributed by atoms with Gasteiger partial charge in [0.25, 0.3) is 0 Å². The van der Waals surface area contributed by atoms with Crippen molar-refractivity contribution >= 4 is 40.2 Å². The molecule has 0 aliphatic heterocycles. The molecular formula is C15H21IN2O3. The maximum atomic E-state index is 12.1. The Hall–Kier alpha value is -1.15. The third-order valence-corrected chi connectivity index (χ3v) is 3.90. The van der Waals surface area contributed by atoms with Gasteiger partial charge in [0, 0.05) is 15.8 Å². The van der Waals surface area contributed by atoms with Crippen molar-refractivity contribution in [3.63, 3.8) is 0 Å². The van der Waals surface area contributed by atoms with Crippen molar-refractivity contribution in [2.75, 3.05) is 25.0 Å². The Kier molecular flexibility index (Phi) is 7.10. The SMILES string of the molecule is CCN(CC(=O)Nc1ccc(I)cc1C)CC(C)C(=O)O. The normalized spacial score (nSPS) is 12.2. The molecule has 0 bridgehead atoms. The van der Waals surface area contributed by atoms with Crippen LogP contribution in [0.15, 0.2) is 18.2 Å². The van der Waals surface area contributed by atoms with Gasteiger partial charge in [-0.2, -0.15) is 0 Å². The summed E-state index contributed by atoms with van der Waals surface area (Å²) in [6.45, 7) is 6.70. The first-order chi connectivity index (χ1) is 9.83. The molecule has 0 aliphatic carbocycles. The van der Waals surface area contributed by atoms with E-state index in [1.165, 1.54) is 0 Å². The van der Waals surface area contributed by atoms with E-state index in [4.69, 9.17) is 5.11 Å². The first-order valence-electron chi connectivity index (χ1n) is 6.84. The topological polar surface area (TPSA) is 69.6 Å². The third-order valence-electron chi connectivity index (χ3n) is 3.23. The number of carbonyl (C=O) groups excluding carboxylic acids is 1. The number of hydrogen-bond acceptors (Lipinski definition) is 3. The van der Waals surface area contributed by atoms with Gasteiger partial charge in [0.15, 0.2) is 0 Å². The number of carboxylic acids is 1. The van der Waals surface area contributed by atoms with E-state index in [-0.39, 0.29) is 12.5 Å². The second-order valence-corrected chi connectivity index (χ2v) is 6.32. The molecule has 116 valence electrons. The molecule has 0 saturated carbocycles. The minimum atomic E-state index is -0.845. The molecule has 1 rings (SSSR count). The average Bonchev–Trinajstić information content (AvgIpc) is 2.40. The number of carbonyl (C=O) groups is 2. The molecule has 0 radical (unpaired) electrons. The van der Waals surface area contributed by atoms with Gasteiger partial charge < -0.3 is 10.4 Å². The van der Waals surface area contributed by atoms with Gasteiger partial charge in [0.05, 0.1) is 12.5 Å². The van der Waals surface area contributed by atoms with Crippen molar-refractivity contribution in [3.05, 3.63) is 27.3 Å². The molecule has 5 nitrogen and oxygen atoms in total. The minimum absolute atomic E-state index is 0.126. The summed E-state index contributed by atoms with van der Waals surface area (Å²) in [5.41, 5.74) is 1.81. The van der Waals surface area contributed by atoms with E-state index in [0.29, 0.717) is 13.1 Å². The van der Waals surface area contributed by atoms with Crippen molar-refractivity contribution in [2.45, 2.75) is 20.8 Å². The van der Waals surface area contributed by atoms with E-state index in [1.54, 1.807) is 6.92 Å². The van der Waals surface area contributed by atoms with Crippen LogP contribution in [0, 0.1) is 16.4 Å². The quantitative estimate of drug-likeness (QED) is 0.686. The van der Waals surface area contributed by atoms with Crippen LogP contribution in [-0.4, -0.2) is 41.5 Å². The second kappa shape index (κ2) is 8.33. The van der Waals surface area contributed by atoms with Gasteiger partial charge in [-0.1, -0.05) is 13.8 Å². The van der Waals surface area contributed by atoms with Crippen LogP contribution < -0.4 is 5.32 Å². The van der Waals surface area contributed by atoms with Crippen molar-refractivity contribution in [1.82, 2.24) is 4.90 Å². The number of aryl methyl sites for hydroxylation is 1. The first-order valence-corrected chi connectivity index (χ1v) is 7.92. The highest BCUT2D eigenvalue weighted by Gasteiger charge is 2.17. The van der Waals surface area contributed by atoms with Crippen LogP contribution in [0.5, 0.6) is 0 Å². The smallest absolute Gasteiger partial charge is 0.307 e. The lowest BCUT2D eigenvalue weighted by molar-refractivity contribution is -0.142. The zero-order valence-corrected chi connectivity index (χ0v) is 14.7. The molecular weight excluding hydrogens is 383 g/mol. The standard InChI is InChI=1S/C15H21IN2O3/c1-4-18(8-11(3)15(20)21)9-14(19)17-13-6-5-12(16)7-10(13)2/h5-7,11H,4,8-9H2,1-3H3,(H,17,19)(H,20,21). The van der Waals surface area contributed by atoms with Gasteiger partial charge in [-0.15, -0.1) is 0 Å². The summed E-state index contributed by atoms with van der Waals surface area (Å²) in [5.74, 6) is -1.46. The summed E-state index contributed by atoms with van der Waals surface area (Å²) in [5, 5.41) is 11.8. The van der Waals surface area contributed by atoms with Crippen molar-refractivity contribution in [1.29, 1.82) is 0 Å². The van der Waals surface area contributed by atoms with E-state index in [2.05, 4.69) is 27.9 Å². The molecule has 0 spiro atoms. The second-order valence-electron chi connectivity index (χ2n) is 5.07. The van der Waals surface area contributed by atoms with E-state index >= 15 is 0 Å². The van der Waals surface area contributed by atoms with Crippen molar-refractivity contribution in [3.8, 4) is 0 Å². The molecule has 1 aromatic carbocycles. The number of halogens is 1. The largest absolute Gasteiger partial charge is 0.481 e. The Morgan fingerprint density at radius 3 is 2.62 bits per heavy atom. The number of benzene rings is 1. The fourth-order valence-corrected chi connectivity index (χ4v) is 2.58. The maximum Gasteiger partial charge on any atom is 0.307 e. The molecule has 1 aromatic rings. The number of amides is 1. The highest BCUT2D eigenvalue weighted by Crippen LogP contribution is 2.17. The summed E-state index contributed by atoms with van der Waals surface area (Å²) in [7, 11) is 0. The van der Waals surface area contributed by atoms with Gasteiger partial charge in [-0.3, -0.25) is 14.5 Å².